The van der Waals surface area contributed by atoms with Crippen molar-refractivity contribution < 1.29 is 0 Å². The topological polar surface area (TPSA) is 0 Å². The molecule has 0 aromatic heterocycles. The molecule has 58 valence electrons. The second-order valence-electron chi connectivity index (χ2n) is 1.84. The first-order valence-electron chi connectivity index (χ1n) is 3.91. The first-order valence-corrected chi connectivity index (χ1v) is 5.03. The van der Waals surface area contributed by atoms with E-state index in [0.29, 0.717) is 0 Å². The van der Waals surface area contributed by atoms with E-state index in [4.69, 9.17) is 0 Å². The molecule has 0 nitrogen and oxygen atoms in total. The normalized spacial score (nSPS) is 8.67. The Morgan fingerprint density at radius 1 is 1.11 bits per heavy atom. The van der Waals surface area contributed by atoms with Crippen LogP contribution in [0.4, 0.5) is 0 Å². The minimum absolute atomic E-state index is 0.903. The van der Waals surface area contributed by atoms with E-state index in [1.165, 1.54) is 18.2 Å². The monoisotopic (exact) mass is 194 g/mol. The van der Waals surface area contributed by atoms with Gasteiger partial charge in [-0.05, 0) is 5.92 Å². The van der Waals surface area contributed by atoms with Crippen molar-refractivity contribution in [1.82, 2.24) is 0 Å². The minimum Gasteiger partial charge on any atom is -0.0925 e. The fraction of sp³-hybridized carbons (Fsp3) is 1.00. The van der Waals surface area contributed by atoms with Crippen molar-refractivity contribution in [3.8, 4) is 0 Å². The molecule has 0 fully saturated rings. The van der Waals surface area contributed by atoms with Crippen LogP contribution in [0.5, 0.6) is 0 Å². The molecule has 0 bridgehead atoms. The van der Waals surface area contributed by atoms with E-state index >= 15 is 0 Å². The molecule has 9 heavy (non-hydrogen) atoms. The molecule has 0 aromatic carbocycles. The van der Waals surface area contributed by atoms with Crippen molar-refractivity contribution in [2.75, 3.05) is 5.33 Å². The van der Waals surface area contributed by atoms with Gasteiger partial charge in [-0.15, -0.1) is 0 Å². The van der Waals surface area contributed by atoms with Crippen LogP contribution in [0.2, 0.25) is 0 Å². The van der Waals surface area contributed by atoms with Gasteiger partial charge < -0.3 is 0 Å². The standard InChI is InChI=1S/C6H13Br.C2H6/c1-3-6(4-2)5-7;1-2/h6H,3-5H2,1-2H3;1-2H3. The molecule has 1 heteroatoms. The molecule has 0 heterocycles. The molecule has 0 rings (SSSR count). The fourth-order valence-corrected chi connectivity index (χ4v) is 1.42. The van der Waals surface area contributed by atoms with Gasteiger partial charge in [0.2, 0.25) is 0 Å². The summed E-state index contributed by atoms with van der Waals surface area (Å²) in [6, 6.07) is 0. The van der Waals surface area contributed by atoms with Gasteiger partial charge in [-0.1, -0.05) is 56.5 Å². The molecule has 0 aliphatic heterocycles. The highest BCUT2D eigenvalue weighted by atomic mass is 79.9. The Balaban J connectivity index is 0. The molecule has 0 N–H and O–H groups in total. The largest absolute Gasteiger partial charge is 0.0925 e. The van der Waals surface area contributed by atoms with E-state index < -0.39 is 0 Å². The average Bonchev–Trinajstić information content (AvgIpc) is 1.96. The summed E-state index contributed by atoms with van der Waals surface area (Å²) >= 11 is 3.44. The Morgan fingerprint density at radius 3 is 1.44 bits per heavy atom. The number of hydrogen-bond donors (Lipinski definition) is 0. The third-order valence-corrected chi connectivity index (χ3v) is 2.29. The summed E-state index contributed by atoms with van der Waals surface area (Å²) in [4.78, 5) is 0. The molecule has 0 aliphatic carbocycles. The highest BCUT2D eigenvalue weighted by molar-refractivity contribution is 9.09. The van der Waals surface area contributed by atoms with E-state index in [-0.39, 0.29) is 0 Å². The van der Waals surface area contributed by atoms with Crippen LogP contribution in [0.3, 0.4) is 0 Å². The van der Waals surface area contributed by atoms with Crippen LogP contribution in [-0.4, -0.2) is 5.33 Å². The second-order valence-corrected chi connectivity index (χ2v) is 2.48. The lowest BCUT2D eigenvalue weighted by molar-refractivity contribution is 0.557. The lowest BCUT2D eigenvalue weighted by Gasteiger charge is -2.04. The number of alkyl halides is 1. The molecule has 0 saturated heterocycles. The third kappa shape index (κ3) is 8.48. The van der Waals surface area contributed by atoms with Gasteiger partial charge in [0, 0.05) is 5.33 Å². The van der Waals surface area contributed by atoms with E-state index in [9.17, 15) is 0 Å². The minimum atomic E-state index is 0.903. The summed E-state index contributed by atoms with van der Waals surface area (Å²) in [6.07, 6.45) is 2.61. The summed E-state index contributed by atoms with van der Waals surface area (Å²) in [7, 11) is 0. The van der Waals surface area contributed by atoms with Gasteiger partial charge in [0.05, 0.1) is 0 Å². The van der Waals surface area contributed by atoms with Gasteiger partial charge >= 0.3 is 0 Å². The van der Waals surface area contributed by atoms with Gasteiger partial charge in [0.1, 0.15) is 0 Å². The zero-order valence-corrected chi connectivity index (χ0v) is 8.66. The Morgan fingerprint density at radius 2 is 1.44 bits per heavy atom. The Hall–Kier alpha value is 0.480. The van der Waals surface area contributed by atoms with E-state index in [1.54, 1.807) is 0 Å². The molecule has 0 saturated carbocycles. The van der Waals surface area contributed by atoms with Crippen LogP contribution in [0.1, 0.15) is 40.5 Å². The van der Waals surface area contributed by atoms with Crippen molar-refractivity contribution in [3.05, 3.63) is 0 Å². The Kier molecular flexibility index (Phi) is 15.3. The predicted molar refractivity (Wildman–Crippen MR) is 49.2 cm³/mol. The molecule has 0 aromatic rings. The van der Waals surface area contributed by atoms with Gasteiger partial charge in [-0.25, -0.2) is 0 Å². The van der Waals surface area contributed by atoms with Crippen LogP contribution in [-0.2, 0) is 0 Å². The Bertz CT molecular complexity index is 26.0. The molecular weight excluding hydrogens is 176 g/mol. The van der Waals surface area contributed by atoms with Gasteiger partial charge in [-0.2, -0.15) is 0 Å². The molecule has 0 radical (unpaired) electrons. The summed E-state index contributed by atoms with van der Waals surface area (Å²) in [5.41, 5.74) is 0. The molecule has 0 unspecified atom stereocenters. The summed E-state index contributed by atoms with van der Waals surface area (Å²) in [5.74, 6) is 0.903. The zero-order valence-electron chi connectivity index (χ0n) is 7.08. The van der Waals surface area contributed by atoms with Crippen molar-refractivity contribution in [2.45, 2.75) is 40.5 Å². The number of halogens is 1. The molecule has 0 amide bonds. The van der Waals surface area contributed by atoms with E-state index in [1.807, 2.05) is 13.8 Å². The van der Waals surface area contributed by atoms with E-state index in [2.05, 4.69) is 29.8 Å². The fourth-order valence-electron chi connectivity index (χ4n) is 0.507. The molecular formula is C8H19Br. The maximum Gasteiger partial charge on any atom is 0.00594 e. The van der Waals surface area contributed by atoms with Crippen LogP contribution < -0.4 is 0 Å². The van der Waals surface area contributed by atoms with Crippen molar-refractivity contribution in [2.24, 2.45) is 5.92 Å². The highest BCUT2D eigenvalue weighted by Gasteiger charge is 1.97. The van der Waals surface area contributed by atoms with Gasteiger partial charge in [0.25, 0.3) is 0 Å². The third-order valence-electron chi connectivity index (χ3n) is 1.37. The smallest absolute Gasteiger partial charge is 0.00594 e. The average molecular weight is 195 g/mol. The molecule has 0 spiro atoms. The maximum atomic E-state index is 3.44. The van der Waals surface area contributed by atoms with Crippen molar-refractivity contribution in [1.29, 1.82) is 0 Å². The van der Waals surface area contributed by atoms with Crippen molar-refractivity contribution in [3.63, 3.8) is 0 Å². The predicted octanol–water partition coefficient (Wildman–Crippen LogP) is 3.84. The first kappa shape index (κ1) is 12.2. The summed E-state index contributed by atoms with van der Waals surface area (Å²) in [5, 5.41) is 1.17. The molecule has 0 aliphatic rings. The van der Waals surface area contributed by atoms with Crippen LogP contribution in [0, 0.1) is 5.92 Å². The first-order chi connectivity index (χ1) is 4.35. The van der Waals surface area contributed by atoms with E-state index in [0.717, 1.165) is 5.92 Å². The SMILES string of the molecule is CC.CCC(CC)CBr. The number of hydrogen-bond acceptors (Lipinski definition) is 0. The lowest BCUT2D eigenvalue weighted by Crippen LogP contribution is -1.95. The second kappa shape index (κ2) is 11.3. The van der Waals surface area contributed by atoms with Crippen LogP contribution in [0.15, 0.2) is 0 Å². The number of rotatable bonds is 3. The summed E-state index contributed by atoms with van der Waals surface area (Å²) < 4.78 is 0. The zero-order chi connectivity index (χ0) is 7.70. The van der Waals surface area contributed by atoms with Crippen molar-refractivity contribution >= 4 is 15.9 Å². The summed E-state index contributed by atoms with van der Waals surface area (Å²) in [6.45, 7) is 8.46. The van der Waals surface area contributed by atoms with Gasteiger partial charge in [0.15, 0.2) is 0 Å². The van der Waals surface area contributed by atoms with Crippen LogP contribution >= 0.6 is 15.9 Å². The van der Waals surface area contributed by atoms with Gasteiger partial charge in [-0.3, -0.25) is 0 Å². The molecule has 0 atom stereocenters. The lowest BCUT2D eigenvalue weighted by atomic mass is 10.1. The quantitative estimate of drug-likeness (QED) is 0.600. The Labute approximate surface area is 68.2 Å². The highest BCUT2D eigenvalue weighted by Crippen LogP contribution is 2.09. The van der Waals surface area contributed by atoms with Crippen LogP contribution in [0.25, 0.3) is 0 Å². The maximum absolute atomic E-state index is 3.44.